The molecular formula is C11H10O2. The fourth-order valence-corrected chi connectivity index (χ4v) is 3.26. The lowest BCUT2D eigenvalue weighted by Crippen LogP contribution is -2.22. The number of ether oxygens (including phenoxy) is 1. The van der Waals surface area contributed by atoms with E-state index in [-0.39, 0.29) is 18.0 Å². The largest absolute Gasteiger partial charge is 0.461 e. The summed E-state index contributed by atoms with van der Waals surface area (Å²) in [5, 5.41) is 0. The highest BCUT2D eigenvalue weighted by atomic mass is 16.6. The second-order valence-electron chi connectivity index (χ2n) is 4.51. The molecule has 66 valence electrons. The summed E-state index contributed by atoms with van der Waals surface area (Å²) in [5.74, 6) is 2.31. The zero-order valence-electron chi connectivity index (χ0n) is 7.09. The minimum atomic E-state index is -0.0121. The molecule has 0 aromatic rings. The number of fused-ring (bicyclic) bond motifs is 1. The number of hydrogen-bond acceptors (Lipinski definition) is 2. The molecule has 0 spiro atoms. The normalized spacial score (nSPS) is 58.9. The zero-order chi connectivity index (χ0) is 8.58. The topological polar surface area (TPSA) is 26.3 Å². The summed E-state index contributed by atoms with van der Waals surface area (Å²) >= 11 is 0. The standard InChI is InChI=1S/C11H10O2/c12-11-8-4-2-6-5-1-3-7(8)10(13-11)9(5)6/h1-10H/t5-,6-,7-,8+,9-,10-/m0/s1. The summed E-state index contributed by atoms with van der Waals surface area (Å²) in [5.41, 5.74) is 0. The highest BCUT2D eigenvalue weighted by Crippen LogP contribution is 2.60. The predicted octanol–water partition coefficient (Wildman–Crippen LogP) is 1.15. The van der Waals surface area contributed by atoms with Crippen LogP contribution in [0.1, 0.15) is 0 Å². The third kappa shape index (κ3) is 0.578. The first-order valence-electron chi connectivity index (χ1n) is 4.93. The molecule has 0 unspecified atom stereocenters. The Balaban J connectivity index is 1.93. The Bertz CT molecular complexity index is 355. The quantitative estimate of drug-likeness (QED) is 0.406. The lowest BCUT2D eigenvalue weighted by atomic mass is 9.85. The van der Waals surface area contributed by atoms with E-state index in [4.69, 9.17) is 4.74 Å². The van der Waals surface area contributed by atoms with Gasteiger partial charge in [-0.3, -0.25) is 4.79 Å². The SMILES string of the molecule is O=C1O[C@H]2[C@H]3C=C[C@H]4[C@H](C=C[C@@H]13)[C@H]42. The van der Waals surface area contributed by atoms with Crippen molar-refractivity contribution in [3.05, 3.63) is 24.3 Å². The molecule has 2 fully saturated rings. The van der Waals surface area contributed by atoms with Gasteiger partial charge in [0.05, 0.1) is 5.92 Å². The van der Waals surface area contributed by atoms with Crippen LogP contribution < -0.4 is 0 Å². The summed E-state index contributed by atoms with van der Waals surface area (Å²) in [6, 6.07) is 0. The van der Waals surface area contributed by atoms with Crippen LogP contribution in [0.4, 0.5) is 0 Å². The van der Waals surface area contributed by atoms with Crippen LogP contribution in [0.5, 0.6) is 0 Å². The van der Waals surface area contributed by atoms with Crippen LogP contribution in [-0.4, -0.2) is 12.1 Å². The Morgan fingerprint density at radius 1 is 1.00 bits per heavy atom. The first-order chi connectivity index (χ1) is 6.36. The molecule has 0 aromatic heterocycles. The van der Waals surface area contributed by atoms with Gasteiger partial charge in [-0.05, 0) is 11.8 Å². The second-order valence-corrected chi connectivity index (χ2v) is 4.51. The van der Waals surface area contributed by atoms with Gasteiger partial charge in [0.25, 0.3) is 0 Å². The molecule has 0 amide bonds. The molecule has 1 saturated heterocycles. The van der Waals surface area contributed by atoms with E-state index in [1.807, 2.05) is 0 Å². The molecular weight excluding hydrogens is 164 g/mol. The molecule has 4 bridgehead atoms. The Labute approximate surface area is 76.3 Å². The molecule has 4 aliphatic rings. The van der Waals surface area contributed by atoms with Gasteiger partial charge in [-0.2, -0.15) is 0 Å². The van der Waals surface area contributed by atoms with Crippen molar-refractivity contribution in [2.45, 2.75) is 6.10 Å². The highest BCUT2D eigenvalue weighted by Gasteiger charge is 2.62. The smallest absolute Gasteiger partial charge is 0.313 e. The fourth-order valence-electron chi connectivity index (χ4n) is 3.26. The van der Waals surface area contributed by atoms with Crippen molar-refractivity contribution in [2.75, 3.05) is 0 Å². The molecule has 13 heavy (non-hydrogen) atoms. The van der Waals surface area contributed by atoms with Crippen LogP contribution in [0.15, 0.2) is 24.3 Å². The van der Waals surface area contributed by atoms with Crippen molar-refractivity contribution in [1.82, 2.24) is 0 Å². The molecule has 1 saturated carbocycles. The molecule has 1 heterocycles. The number of esters is 1. The number of carbonyl (C=O) groups excluding carboxylic acids is 1. The van der Waals surface area contributed by atoms with Crippen molar-refractivity contribution in [2.24, 2.45) is 29.6 Å². The lowest BCUT2D eigenvalue weighted by molar-refractivity contribution is -0.144. The Morgan fingerprint density at radius 2 is 1.69 bits per heavy atom. The summed E-state index contributed by atoms with van der Waals surface area (Å²) < 4.78 is 5.41. The number of carbonyl (C=O) groups is 1. The van der Waals surface area contributed by atoms with Crippen molar-refractivity contribution >= 4 is 5.97 Å². The van der Waals surface area contributed by atoms with Gasteiger partial charge in [0, 0.05) is 11.8 Å². The van der Waals surface area contributed by atoms with E-state index in [0.29, 0.717) is 23.7 Å². The maximum Gasteiger partial charge on any atom is 0.313 e. The van der Waals surface area contributed by atoms with E-state index in [2.05, 4.69) is 24.3 Å². The second kappa shape index (κ2) is 1.74. The molecule has 0 radical (unpaired) electrons. The van der Waals surface area contributed by atoms with Crippen LogP contribution in [0.3, 0.4) is 0 Å². The van der Waals surface area contributed by atoms with Crippen LogP contribution in [0, 0.1) is 29.6 Å². The number of allylic oxidation sites excluding steroid dienone is 2. The van der Waals surface area contributed by atoms with Crippen LogP contribution in [-0.2, 0) is 9.53 Å². The summed E-state index contributed by atoms with van der Waals surface area (Å²) in [7, 11) is 0. The van der Waals surface area contributed by atoms with Crippen molar-refractivity contribution in [3.8, 4) is 0 Å². The number of hydrogen-bond donors (Lipinski definition) is 0. The Morgan fingerprint density at radius 3 is 2.54 bits per heavy atom. The van der Waals surface area contributed by atoms with E-state index in [1.165, 1.54) is 0 Å². The van der Waals surface area contributed by atoms with Gasteiger partial charge in [-0.1, -0.05) is 24.3 Å². The van der Waals surface area contributed by atoms with Crippen molar-refractivity contribution in [3.63, 3.8) is 0 Å². The molecule has 1 aliphatic heterocycles. The summed E-state index contributed by atoms with van der Waals surface area (Å²) in [4.78, 5) is 11.5. The van der Waals surface area contributed by atoms with E-state index >= 15 is 0 Å². The van der Waals surface area contributed by atoms with E-state index in [0.717, 1.165) is 0 Å². The average Bonchev–Trinajstić information content (AvgIpc) is 2.68. The number of rotatable bonds is 0. The van der Waals surface area contributed by atoms with Gasteiger partial charge in [0.15, 0.2) is 0 Å². The maximum absolute atomic E-state index is 11.5. The summed E-state index contributed by atoms with van der Waals surface area (Å²) in [6.07, 6.45) is 8.99. The zero-order valence-corrected chi connectivity index (χ0v) is 7.09. The van der Waals surface area contributed by atoms with Crippen LogP contribution in [0.2, 0.25) is 0 Å². The van der Waals surface area contributed by atoms with Crippen molar-refractivity contribution in [1.29, 1.82) is 0 Å². The Hall–Kier alpha value is -1.05. The lowest BCUT2D eigenvalue weighted by Gasteiger charge is -2.18. The van der Waals surface area contributed by atoms with Gasteiger partial charge in [-0.15, -0.1) is 0 Å². The molecule has 6 atom stereocenters. The van der Waals surface area contributed by atoms with Gasteiger partial charge in [-0.25, -0.2) is 0 Å². The third-order valence-corrected chi connectivity index (χ3v) is 3.99. The van der Waals surface area contributed by atoms with Gasteiger partial charge in [0.1, 0.15) is 6.10 Å². The third-order valence-electron chi connectivity index (χ3n) is 3.99. The van der Waals surface area contributed by atoms with Crippen LogP contribution >= 0.6 is 0 Å². The highest BCUT2D eigenvalue weighted by molar-refractivity contribution is 5.78. The van der Waals surface area contributed by atoms with E-state index in [9.17, 15) is 4.79 Å². The molecule has 2 nitrogen and oxygen atoms in total. The Kier molecular flexibility index (Phi) is 0.859. The van der Waals surface area contributed by atoms with E-state index in [1.54, 1.807) is 0 Å². The maximum atomic E-state index is 11.5. The molecule has 3 aliphatic carbocycles. The minimum Gasteiger partial charge on any atom is -0.461 e. The molecule has 2 heteroatoms. The average molecular weight is 174 g/mol. The van der Waals surface area contributed by atoms with Gasteiger partial charge < -0.3 is 4.74 Å². The van der Waals surface area contributed by atoms with Gasteiger partial charge >= 0.3 is 5.97 Å². The first-order valence-corrected chi connectivity index (χ1v) is 4.93. The van der Waals surface area contributed by atoms with Gasteiger partial charge in [0.2, 0.25) is 0 Å². The monoisotopic (exact) mass is 174 g/mol. The van der Waals surface area contributed by atoms with E-state index < -0.39 is 0 Å². The summed E-state index contributed by atoms with van der Waals surface area (Å²) in [6.45, 7) is 0. The molecule has 4 rings (SSSR count). The minimum absolute atomic E-state index is 0.0121. The molecule has 0 aromatic carbocycles. The fraction of sp³-hybridized carbons (Fsp3) is 0.545. The van der Waals surface area contributed by atoms with Crippen molar-refractivity contribution < 1.29 is 9.53 Å². The first kappa shape index (κ1) is 6.41. The predicted molar refractivity (Wildman–Crippen MR) is 45.6 cm³/mol. The van der Waals surface area contributed by atoms with Crippen LogP contribution in [0.25, 0.3) is 0 Å². The molecule has 0 N–H and O–H groups in total.